The molecule has 0 saturated carbocycles. The van der Waals surface area contributed by atoms with Gasteiger partial charge >= 0.3 is 0 Å². The summed E-state index contributed by atoms with van der Waals surface area (Å²) in [5.41, 5.74) is 7.06. The van der Waals surface area contributed by atoms with E-state index in [0.29, 0.717) is 31.3 Å². The Morgan fingerprint density at radius 1 is 1.47 bits per heavy atom. The lowest BCUT2D eigenvalue weighted by molar-refractivity contribution is -0.122. The highest BCUT2D eigenvalue weighted by Gasteiger charge is 2.14. The van der Waals surface area contributed by atoms with E-state index in [1.54, 1.807) is 11.3 Å². The van der Waals surface area contributed by atoms with Gasteiger partial charge in [0.25, 0.3) is 0 Å². The molecule has 1 atom stereocenters. The van der Waals surface area contributed by atoms with E-state index in [1.165, 1.54) is 10.4 Å². The lowest BCUT2D eigenvalue weighted by Crippen LogP contribution is -2.28. The summed E-state index contributed by atoms with van der Waals surface area (Å²) in [5.74, 6) is 1.01. The van der Waals surface area contributed by atoms with Crippen LogP contribution in [-0.2, 0) is 17.8 Å². The molecule has 3 N–H and O–H groups in total. The molecule has 3 nitrogen and oxygen atoms in total. The monoisotopic (exact) mass is 282 g/mol. The molecule has 1 rings (SSSR count). The Kier molecular flexibility index (Phi) is 7.10. The van der Waals surface area contributed by atoms with E-state index >= 15 is 0 Å². The zero-order chi connectivity index (χ0) is 14.3. The molecule has 0 spiro atoms. The molecule has 0 fully saturated rings. The van der Waals surface area contributed by atoms with Crippen LogP contribution < -0.4 is 11.1 Å². The Morgan fingerprint density at radius 2 is 2.21 bits per heavy atom. The van der Waals surface area contributed by atoms with Gasteiger partial charge in [-0.3, -0.25) is 4.79 Å². The number of amides is 1. The molecule has 0 aliphatic carbocycles. The van der Waals surface area contributed by atoms with Crippen molar-refractivity contribution in [2.24, 2.45) is 17.6 Å². The lowest BCUT2D eigenvalue weighted by Gasteiger charge is -2.16. The molecular formula is C15H26N2OS. The van der Waals surface area contributed by atoms with Crippen molar-refractivity contribution >= 4 is 17.2 Å². The minimum absolute atomic E-state index is 0.117. The van der Waals surface area contributed by atoms with Crippen molar-refractivity contribution in [1.82, 2.24) is 5.32 Å². The molecule has 0 saturated heterocycles. The molecule has 0 aliphatic heterocycles. The van der Waals surface area contributed by atoms with Crippen LogP contribution in [0.25, 0.3) is 0 Å². The second-order valence-corrected chi connectivity index (χ2v) is 6.44. The number of aryl methyl sites for hydroxylation is 1. The number of thiophene rings is 1. The van der Waals surface area contributed by atoms with Crippen molar-refractivity contribution in [3.63, 3.8) is 0 Å². The van der Waals surface area contributed by atoms with Crippen LogP contribution in [0.3, 0.4) is 0 Å². The van der Waals surface area contributed by atoms with Crippen LogP contribution in [0.2, 0.25) is 0 Å². The van der Waals surface area contributed by atoms with E-state index in [0.717, 1.165) is 12.8 Å². The topological polar surface area (TPSA) is 55.1 Å². The molecule has 1 amide bonds. The first kappa shape index (κ1) is 16.2. The van der Waals surface area contributed by atoms with Crippen molar-refractivity contribution < 1.29 is 4.79 Å². The SMILES string of the molecule is CCc1ccsc1CNC(=O)C[C@@H](CN)CC(C)C. The quantitative estimate of drug-likeness (QED) is 0.770. The average Bonchev–Trinajstić information content (AvgIpc) is 2.82. The van der Waals surface area contributed by atoms with Crippen LogP contribution in [0, 0.1) is 11.8 Å². The fourth-order valence-electron chi connectivity index (χ4n) is 2.28. The number of nitrogens with one attached hydrogen (secondary N) is 1. The first-order valence-electron chi connectivity index (χ1n) is 7.08. The Morgan fingerprint density at radius 3 is 2.79 bits per heavy atom. The molecule has 0 aliphatic rings. The first-order valence-corrected chi connectivity index (χ1v) is 7.96. The van der Waals surface area contributed by atoms with Crippen LogP contribution in [-0.4, -0.2) is 12.5 Å². The number of nitrogens with two attached hydrogens (primary N) is 1. The number of hydrogen-bond donors (Lipinski definition) is 2. The van der Waals surface area contributed by atoms with E-state index in [4.69, 9.17) is 5.73 Å². The minimum Gasteiger partial charge on any atom is -0.351 e. The van der Waals surface area contributed by atoms with Gasteiger partial charge in [-0.1, -0.05) is 20.8 Å². The maximum atomic E-state index is 11.9. The summed E-state index contributed by atoms with van der Waals surface area (Å²) in [4.78, 5) is 13.2. The van der Waals surface area contributed by atoms with Gasteiger partial charge in [0.1, 0.15) is 0 Å². The standard InChI is InChI=1S/C15H26N2OS/c1-4-13-5-6-19-14(13)10-17-15(18)8-12(9-16)7-11(2)3/h5-6,11-12H,4,7-10,16H2,1-3H3,(H,17,18)/t12-/m0/s1. The van der Waals surface area contributed by atoms with Gasteiger partial charge in [-0.25, -0.2) is 0 Å². The molecule has 1 aromatic heterocycles. The summed E-state index contributed by atoms with van der Waals surface area (Å²) < 4.78 is 0. The largest absolute Gasteiger partial charge is 0.351 e. The molecule has 1 aromatic rings. The number of rotatable bonds is 8. The van der Waals surface area contributed by atoms with Crippen LogP contribution >= 0.6 is 11.3 Å². The predicted octanol–water partition coefficient (Wildman–Crippen LogP) is 2.94. The fraction of sp³-hybridized carbons (Fsp3) is 0.667. The molecule has 4 heteroatoms. The second-order valence-electron chi connectivity index (χ2n) is 5.43. The van der Waals surface area contributed by atoms with Crippen molar-refractivity contribution in [2.45, 2.75) is 46.6 Å². The third kappa shape index (κ3) is 5.74. The molecular weight excluding hydrogens is 256 g/mol. The molecule has 0 bridgehead atoms. The van der Waals surface area contributed by atoms with Gasteiger partial charge in [0.15, 0.2) is 0 Å². The van der Waals surface area contributed by atoms with Gasteiger partial charge in [0, 0.05) is 11.3 Å². The van der Waals surface area contributed by atoms with Crippen molar-refractivity contribution in [2.75, 3.05) is 6.54 Å². The maximum Gasteiger partial charge on any atom is 0.220 e. The molecule has 0 radical (unpaired) electrons. The highest BCUT2D eigenvalue weighted by atomic mass is 32.1. The Labute approximate surface area is 120 Å². The fourth-order valence-corrected chi connectivity index (χ4v) is 3.20. The van der Waals surface area contributed by atoms with Crippen molar-refractivity contribution in [3.05, 3.63) is 21.9 Å². The van der Waals surface area contributed by atoms with E-state index in [1.807, 2.05) is 0 Å². The van der Waals surface area contributed by atoms with Crippen molar-refractivity contribution in [1.29, 1.82) is 0 Å². The highest BCUT2D eigenvalue weighted by molar-refractivity contribution is 7.10. The molecule has 0 aromatic carbocycles. The summed E-state index contributed by atoms with van der Waals surface area (Å²) in [5, 5.41) is 5.10. The number of carbonyl (C=O) groups is 1. The van der Waals surface area contributed by atoms with Gasteiger partial charge < -0.3 is 11.1 Å². The average molecular weight is 282 g/mol. The summed E-state index contributed by atoms with van der Waals surface area (Å²) in [7, 11) is 0. The van der Waals surface area contributed by atoms with Crippen LogP contribution in [0.4, 0.5) is 0 Å². The summed E-state index contributed by atoms with van der Waals surface area (Å²) in [6.45, 7) is 7.71. The van der Waals surface area contributed by atoms with Crippen LogP contribution in [0.1, 0.15) is 44.1 Å². The van der Waals surface area contributed by atoms with Gasteiger partial charge in [0.05, 0.1) is 6.54 Å². The van der Waals surface area contributed by atoms with E-state index in [2.05, 4.69) is 37.5 Å². The smallest absolute Gasteiger partial charge is 0.220 e. The molecule has 0 unspecified atom stereocenters. The first-order chi connectivity index (χ1) is 9.06. The Bertz CT molecular complexity index is 387. The molecule has 1 heterocycles. The van der Waals surface area contributed by atoms with E-state index in [-0.39, 0.29) is 5.91 Å². The summed E-state index contributed by atoms with van der Waals surface area (Å²) in [6, 6.07) is 2.13. The van der Waals surface area contributed by atoms with Crippen LogP contribution in [0.15, 0.2) is 11.4 Å². The molecule has 108 valence electrons. The lowest BCUT2D eigenvalue weighted by atomic mass is 9.94. The zero-order valence-electron chi connectivity index (χ0n) is 12.2. The van der Waals surface area contributed by atoms with Crippen molar-refractivity contribution in [3.8, 4) is 0 Å². The van der Waals surface area contributed by atoms with Gasteiger partial charge in [-0.15, -0.1) is 11.3 Å². The predicted molar refractivity (Wildman–Crippen MR) is 82.2 cm³/mol. The van der Waals surface area contributed by atoms with Gasteiger partial charge in [-0.05, 0) is 48.2 Å². The number of carbonyl (C=O) groups excluding carboxylic acids is 1. The van der Waals surface area contributed by atoms with E-state index in [9.17, 15) is 4.79 Å². The Balaban J connectivity index is 2.38. The third-order valence-electron chi connectivity index (χ3n) is 3.28. The van der Waals surface area contributed by atoms with Crippen LogP contribution in [0.5, 0.6) is 0 Å². The second kappa shape index (κ2) is 8.33. The minimum atomic E-state index is 0.117. The highest BCUT2D eigenvalue weighted by Crippen LogP contribution is 2.18. The maximum absolute atomic E-state index is 11.9. The Hall–Kier alpha value is -0.870. The normalized spacial score (nSPS) is 12.7. The summed E-state index contributed by atoms with van der Waals surface area (Å²) >= 11 is 1.71. The van der Waals surface area contributed by atoms with E-state index < -0.39 is 0 Å². The molecule has 19 heavy (non-hydrogen) atoms. The number of hydrogen-bond acceptors (Lipinski definition) is 3. The van der Waals surface area contributed by atoms with Gasteiger partial charge in [0.2, 0.25) is 5.91 Å². The third-order valence-corrected chi connectivity index (χ3v) is 4.24. The zero-order valence-corrected chi connectivity index (χ0v) is 13.1. The summed E-state index contributed by atoms with van der Waals surface area (Å²) in [6.07, 6.45) is 2.58. The van der Waals surface area contributed by atoms with Gasteiger partial charge in [-0.2, -0.15) is 0 Å².